The fourth-order valence-corrected chi connectivity index (χ4v) is 5.60. The maximum absolute atomic E-state index is 9.58. The monoisotopic (exact) mass is 291 g/mol. The number of nitrogens with zero attached hydrogens (tertiary/aromatic N) is 1. The van der Waals surface area contributed by atoms with Gasteiger partial charge < -0.3 is 5.21 Å². The van der Waals surface area contributed by atoms with Gasteiger partial charge in [0.15, 0.2) is 0 Å². The van der Waals surface area contributed by atoms with Gasteiger partial charge in [0.25, 0.3) is 0 Å². The highest BCUT2D eigenvalue weighted by Gasteiger charge is 2.57. The van der Waals surface area contributed by atoms with Crippen molar-refractivity contribution >= 4 is 17.0 Å². The van der Waals surface area contributed by atoms with E-state index in [1.54, 1.807) is 11.3 Å². The van der Waals surface area contributed by atoms with Gasteiger partial charge in [-0.05, 0) is 61.5 Å². The van der Waals surface area contributed by atoms with Crippen molar-refractivity contribution in [3.05, 3.63) is 21.4 Å². The molecule has 3 aliphatic carbocycles. The third-order valence-corrected chi connectivity index (χ3v) is 7.41. The molecule has 0 spiro atoms. The summed E-state index contributed by atoms with van der Waals surface area (Å²) in [5.74, 6) is 2.62. The van der Waals surface area contributed by atoms with Crippen molar-refractivity contribution in [1.82, 2.24) is 0 Å². The number of fused-ring (bicyclic) bond motifs is 2. The Labute approximate surface area is 125 Å². The van der Waals surface area contributed by atoms with Crippen LogP contribution < -0.4 is 0 Å². The van der Waals surface area contributed by atoms with Gasteiger partial charge in [-0.15, -0.1) is 11.3 Å². The molecular formula is C17H25NOS. The summed E-state index contributed by atoms with van der Waals surface area (Å²) < 4.78 is 0. The number of oxime groups is 1. The van der Waals surface area contributed by atoms with Gasteiger partial charge in [-0.25, -0.2) is 0 Å². The van der Waals surface area contributed by atoms with E-state index in [4.69, 9.17) is 0 Å². The van der Waals surface area contributed by atoms with Crippen LogP contribution in [0.4, 0.5) is 0 Å². The number of aryl methyl sites for hydroxylation is 2. The second kappa shape index (κ2) is 4.59. The molecule has 1 aromatic rings. The van der Waals surface area contributed by atoms with Crippen LogP contribution in [-0.4, -0.2) is 10.9 Å². The van der Waals surface area contributed by atoms with Crippen LogP contribution in [0.25, 0.3) is 0 Å². The van der Waals surface area contributed by atoms with E-state index < -0.39 is 0 Å². The third-order valence-electron chi connectivity index (χ3n) is 6.23. The Hall–Kier alpha value is -0.830. The topological polar surface area (TPSA) is 32.6 Å². The van der Waals surface area contributed by atoms with Crippen LogP contribution in [0.15, 0.2) is 11.2 Å². The Morgan fingerprint density at radius 3 is 2.50 bits per heavy atom. The zero-order valence-electron chi connectivity index (χ0n) is 13.1. The lowest BCUT2D eigenvalue weighted by Crippen LogP contribution is -2.56. The maximum atomic E-state index is 9.58. The molecule has 110 valence electrons. The van der Waals surface area contributed by atoms with Crippen molar-refractivity contribution in [1.29, 1.82) is 0 Å². The zero-order chi connectivity index (χ0) is 14.7. The van der Waals surface area contributed by atoms with E-state index in [1.807, 2.05) is 0 Å². The SMILES string of the molecule is Cc1cc(/C(=N\O)[C@@H]2C[C@@H]3C[C@H](C2C)C3(C)C)sc1C. The lowest BCUT2D eigenvalue weighted by molar-refractivity contribution is -0.114. The molecule has 0 aromatic carbocycles. The number of thiophene rings is 1. The first kappa shape index (κ1) is 14.1. The smallest absolute Gasteiger partial charge is 0.100 e. The summed E-state index contributed by atoms with van der Waals surface area (Å²) in [4.78, 5) is 2.49. The number of hydrogen-bond donors (Lipinski definition) is 1. The minimum absolute atomic E-state index is 0.425. The molecule has 2 bridgehead atoms. The van der Waals surface area contributed by atoms with Gasteiger partial charge in [0.2, 0.25) is 0 Å². The second-order valence-corrected chi connectivity index (χ2v) is 8.65. The van der Waals surface area contributed by atoms with Gasteiger partial charge in [-0.1, -0.05) is 25.9 Å². The molecular weight excluding hydrogens is 266 g/mol. The molecule has 4 atom stereocenters. The normalized spacial score (nSPS) is 35.8. The molecule has 3 heteroatoms. The molecule has 1 aromatic heterocycles. The molecule has 3 fully saturated rings. The molecule has 0 radical (unpaired) electrons. The predicted molar refractivity (Wildman–Crippen MR) is 84.8 cm³/mol. The van der Waals surface area contributed by atoms with Crippen molar-refractivity contribution in [3.63, 3.8) is 0 Å². The predicted octanol–water partition coefficient (Wildman–Crippen LogP) is 4.86. The van der Waals surface area contributed by atoms with Crippen LogP contribution in [0.1, 0.15) is 48.9 Å². The molecule has 1 unspecified atom stereocenters. The van der Waals surface area contributed by atoms with Crippen LogP contribution in [-0.2, 0) is 0 Å². The van der Waals surface area contributed by atoms with Crippen molar-refractivity contribution in [3.8, 4) is 0 Å². The zero-order valence-corrected chi connectivity index (χ0v) is 13.9. The molecule has 3 saturated carbocycles. The summed E-state index contributed by atoms with van der Waals surface area (Å²) in [5.41, 5.74) is 2.72. The van der Waals surface area contributed by atoms with Crippen molar-refractivity contribution < 1.29 is 5.21 Å². The average Bonchev–Trinajstić information content (AvgIpc) is 2.71. The fourth-order valence-electron chi connectivity index (χ4n) is 4.52. The summed E-state index contributed by atoms with van der Waals surface area (Å²) in [5, 5.41) is 13.3. The molecule has 0 amide bonds. The minimum Gasteiger partial charge on any atom is -0.411 e. The molecule has 20 heavy (non-hydrogen) atoms. The van der Waals surface area contributed by atoms with E-state index in [-0.39, 0.29) is 0 Å². The number of hydrogen-bond acceptors (Lipinski definition) is 3. The minimum atomic E-state index is 0.425. The van der Waals surface area contributed by atoms with E-state index >= 15 is 0 Å². The van der Waals surface area contributed by atoms with E-state index in [2.05, 4.69) is 45.8 Å². The van der Waals surface area contributed by atoms with E-state index in [0.29, 0.717) is 17.3 Å². The fraction of sp³-hybridized carbons (Fsp3) is 0.706. The Balaban J connectivity index is 1.89. The standard InChI is InChI=1S/C17H25NOS/c1-9-6-15(20-11(9)3)16(18-19)13-7-12-8-14(10(13)2)17(12,4)5/h6,10,12-14,19H,7-8H2,1-5H3/b18-16-/t10?,12-,13-,14-/m1/s1. The molecule has 3 aliphatic rings. The highest BCUT2D eigenvalue weighted by atomic mass is 32.1. The van der Waals surface area contributed by atoms with Crippen molar-refractivity contribution in [2.24, 2.45) is 34.2 Å². The summed E-state index contributed by atoms with van der Waals surface area (Å²) >= 11 is 1.77. The van der Waals surface area contributed by atoms with Crippen LogP contribution in [0, 0.1) is 42.9 Å². The molecule has 1 N–H and O–H groups in total. The second-order valence-electron chi connectivity index (χ2n) is 7.40. The maximum Gasteiger partial charge on any atom is 0.100 e. The van der Waals surface area contributed by atoms with Crippen LogP contribution >= 0.6 is 11.3 Å². The van der Waals surface area contributed by atoms with Gasteiger partial charge in [0.05, 0.1) is 4.88 Å². The first-order valence-electron chi connectivity index (χ1n) is 7.65. The average molecular weight is 291 g/mol. The number of rotatable bonds is 2. The van der Waals surface area contributed by atoms with Crippen molar-refractivity contribution in [2.45, 2.75) is 47.5 Å². The van der Waals surface area contributed by atoms with Gasteiger partial charge in [-0.3, -0.25) is 0 Å². The van der Waals surface area contributed by atoms with E-state index in [9.17, 15) is 5.21 Å². The van der Waals surface area contributed by atoms with E-state index in [1.165, 1.54) is 28.2 Å². The highest BCUT2D eigenvalue weighted by Crippen LogP contribution is 2.63. The Morgan fingerprint density at radius 1 is 1.35 bits per heavy atom. The van der Waals surface area contributed by atoms with Crippen molar-refractivity contribution in [2.75, 3.05) is 0 Å². The third kappa shape index (κ3) is 1.86. The lowest BCUT2D eigenvalue weighted by Gasteiger charge is -2.62. The first-order chi connectivity index (χ1) is 9.36. The molecule has 2 nitrogen and oxygen atoms in total. The van der Waals surface area contributed by atoms with Gasteiger partial charge in [0.1, 0.15) is 5.71 Å². The molecule has 4 rings (SSSR count). The van der Waals surface area contributed by atoms with Gasteiger partial charge in [0, 0.05) is 10.8 Å². The highest BCUT2D eigenvalue weighted by molar-refractivity contribution is 7.14. The Bertz CT molecular complexity index is 538. The Morgan fingerprint density at radius 2 is 2.05 bits per heavy atom. The Kier molecular flexibility index (Phi) is 3.24. The summed E-state index contributed by atoms with van der Waals surface area (Å²) in [7, 11) is 0. The van der Waals surface area contributed by atoms with Gasteiger partial charge in [-0.2, -0.15) is 0 Å². The summed E-state index contributed by atoms with van der Waals surface area (Å²) in [6.45, 7) is 11.4. The largest absolute Gasteiger partial charge is 0.411 e. The summed E-state index contributed by atoms with van der Waals surface area (Å²) in [6.07, 6.45) is 2.55. The van der Waals surface area contributed by atoms with Gasteiger partial charge >= 0.3 is 0 Å². The quantitative estimate of drug-likeness (QED) is 0.471. The van der Waals surface area contributed by atoms with Crippen LogP contribution in [0.3, 0.4) is 0 Å². The molecule has 0 saturated heterocycles. The van der Waals surface area contributed by atoms with Crippen LogP contribution in [0.2, 0.25) is 0 Å². The van der Waals surface area contributed by atoms with E-state index in [0.717, 1.165) is 17.5 Å². The molecule has 0 aliphatic heterocycles. The van der Waals surface area contributed by atoms with Crippen LogP contribution in [0.5, 0.6) is 0 Å². The first-order valence-corrected chi connectivity index (χ1v) is 8.47. The summed E-state index contributed by atoms with van der Waals surface area (Å²) in [6, 6.07) is 2.19. The molecule has 1 heterocycles. The lowest BCUT2D eigenvalue weighted by atomic mass is 9.43.